The molecule has 24 nitrogen and oxygen atoms in total. The number of carbonyl (C=O) groups excluding carboxylic acids is 4. The molecule has 0 spiro atoms. The highest BCUT2D eigenvalue weighted by molar-refractivity contribution is 6.29. The number of nitrogens with zero attached hydrogens (tertiary/aromatic N) is 6. The summed E-state index contributed by atoms with van der Waals surface area (Å²) in [5.41, 5.74) is 17.8. The Bertz CT molecular complexity index is 2470. The number of hydrogen-bond donors (Lipinski definition) is 8. The molecule has 2 aliphatic heterocycles. The molecule has 0 aromatic carbocycles. The van der Waals surface area contributed by atoms with Crippen molar-refractivity contribution in [3.63, 3.8) is 0 Å². The molecule has 0 saturated carbocycles. The van der Waals surface area contributed by atoms with Gasteiger partial charge in [0.05, 0.1) is 68.3 Å². The minimum absolute atomic E-state index is 0.000871. The molecule has 4 amide bonds. The van der Waals surface area contributed by atoms with Gasteiger partial charge in [0, 0.05) is 31.4 Å². The number of aromatic nitrogens is 6. The second kappa shape index (κ2) is 27.8. The normalized spacial score (nSPS) is 17.4. The van der Waals surface area contributed by atoms with E-state index in [4.69, 9.17) is 57.2 Å². The first-order valence-corrected chi connectivity index (χ1v) is 24.2. The number of methoxy groups -OCH3 is 2. The molecular formula is C48H71ClN14O10. The van der Waals surface area contributed by atoms with Crippen molar-refractivity contribution in [3.8, 4) is 11.5 Å². The summed E-state index contributed by atoms with van der Waals surface area (Å²) >= 11 is 5.81. The molecule has 4 atom stereocenters. The minimum atomic E-state index is -0.727. The van der Waals surface area contributed by atoms with Crippen LogP contribution in [0.25, 0.3) is 0 Å². The van der Waals surface area contributed by atoms with Crippen molar-refractivity contribution in [2.45, 2.75) is 129 Å². The summed E-state index contributed by atoms with van der Waals surface area (Å²) in [4.78, 5) is 56.2. The predicted molar refractivity (Wildman–Crippen MR) is 275 cm³/mol. The lowest BCUT2D eigenvalue weighted by molar-refractivity contribution is 0.0297. The number of alkyl carbamates (subject to hydrolysis) is 2. The third-order valence-electron chi connectivity index (χ3n) is 10.3. The Balaban J connectivity index is 0.000000264. The van der Waals surface area contributed by atoms with E-state index in [1.54, 1.807) is 59.3 Å². The fourth-order valence-corrected chi connectivity index (χ4v) is 7.19. The molecule has 4 aromatic heterocycles. The van der Waals surface area contributed by atoms with Gasteiger partial charge in [0.2, 0.25) is 0 Å². The Hall–Kier alpha value is -6.89. The van der Waals surface area contributed by atoms with Crippen molar-refractivity contribution >= 4 is 64.4 Å². The number of pyridine rings is 2. The molecule has 2 fully saturated rings. The van der Waals surface area contributed by atoms with Crippen molar-refractivity contribution in [1.29, 1.82) is 0 Å². The summed E-state index contributed by atoms with van der Waals surface area (Å²) in [5.74, 6) is 1.42. The number of primary amides is 2. The lowest BCUT2D eigenvalue weighted by atomic mass is 10.0. The smallest absolute Gasteiger partial charge is 0.408 e. The highest BCUT2D eigenvalue weighted by Crippen LogP contribution is 2.27. The van der Waals surface area contributed by atoms with Crippen LogP contribution in [0.5, 0.6) is 11.5 Å². The first-order chi connectivity index (χ1) is 34.5. The SMILES string of the molecule is CC(C)(C)OC(=O)N[C@H]1COCC[C@H]1N.CCCc1nc(Nc2cc(Cl)nnc2C(N)=O)ccc1OC.CCCc1nc(Nc2cc(N[C@@H]3CCOC[C@@H]3NC(=O)OC(C)(C)C)nnc2C(N)=O)ccc1OC. The third-order valence-corrected chi connectivity index (χ3v) is 10.5. The fraction of sp³-hybridized carbons (Fsp3) is 0.542. The van der Waals surface area contributed by atoms with Crippen molar-refractivity contribution in [1.82, 2.24) is 41.0 Å². The van der Waals surface area contributed by atoms with E-state index < -0.39 is 35.2 Å². The van der Waals surface area contributed by atoms with Crippen LogP contribution in [0.1, 0.15) is 113 Å². The molecular weight excluding hydrogens is 968 g/mol. The van der Waals surface area contributed by atoms with Gasteiger partial charge in [0.1, 0.15) is 34.3 Å². The molecule has 4 aromatic rings. The Kier molecular flexibility index (Phi) is 22.3. The number of halogens is 1. The molecule has 0 radical (unpaired) electrons. The average Bonchev–Trinajstić information content (AvgIpc) is 3.30. The lowest BCUT2D eigenvalue weighted by Gasteiger charge is -2.33. The van der Waals surface area contributed by atoms with Gasteiger partial charge in [-0.25, -0.2) is 19.6 Å². The van der Waals surface area contributed by atoms with E-state index in [0.717, 1.165) is 43.5 Å². The third kappa shape index (κ3) is 19.6. The molecule has 6 rings (SSSR count). The Labute approximate surface area is 430 Å². The number of nitrogens with one attached hydrogen (secondary N) is 5. The maximum atomic E-state index is 12.3. The van der Waals surface area contributed by atoms with Crippen LogP contribution in [-0.4, -0.2) is 130 Å². The maximum Gasteiger partial charge on any atom is 0.408 e. The van der Waals surface area contributed by atoms with Crippen LogP contribution in [0.3, 0.4) is 0 Å². The Morgan fingerprint density at radius 2 is 1.12 bits per heavy atom. The molecule has 73 heavy (non-hydrogen) atoms. The predicted octanol–water partition coefficient (Wildman–Crippen LogP) is 5.73. The summed E-state index contributed by atoms with van der Waals surface area (Å²) in [6, 6.07) is 9.45. The van der Waals surface area contributed by atoms with Crippen molar-refractivity contribution < 1.29 is 47.6 Å². The number of ether oxygens (including phenoxy) is 6. The summed E-state index contributed by atoms with van der Waals surface area (Å²) < 4.78 is 31.9. The van der Waals surface area contributed by atoms with Gasteiger partial charge < -0.3 is 72.2 Å². The number of aryl methyl sites for hydroxylation is 2. The number of hydrogen-bond acceptors (Lipinski definition) is 20. The van der Waals surface area contributed by atoms with Crippen LogP contribution < -0.4 is 53.3 Å². The highest BCUT2D eigenvalue weighted by Gasteiger charge is 2.30. The first kappa shape index (κ1) is 58.7. The molecule has 0 bridgehead atoms. The molecule has 2 aliphatic rings. The standard InChI is InChI=1S/C24H35N7O5.C14H16ClN5O2.C10H20N2O3/c1-6-7-15-18(34-5)8-9-19(27-15)28-16-12-20(30-31-21(16)22(25)32)26-14-10-11-35-13-17(14)29-23(33)36-24(2,3)4;1-3-4-8-10(22-2)5-6-12(17-8)18-9-7-11(15)19-20-13(9)14(16)21;1-10(2,3)15-9(13)12-8-6-14-5-4-7(8)11/h8-9,12,14,17H,6-7,10-11,13H2,1-5H3,(H2,25,32)(H,29,33)(H2,26,27,28,30);5-7H,3-4H2,1-2H3,(H2,16,21)(H,17,18,19);7-8H,4-6,11H2,1-3H3,(H,12,13)/t14-,17+;;7-,8+/m1.1/s1. The maximum absolute atomic E-state index is 12.3. The number of nitrogens with two attached hydrogens (primary N) is 3. The zero-order valence-electron chi connectivity index (χ0n) is 43.2. The van der Waals surface area contributed by atoms with Gasteiger partial charge in [-0.2, -0.15) is 0 Å². The Morgan fingerprint density at radius 1 is 0.658 bits per heavy atom. The van der Waals surface area contributed by atoms with Crippen LogP contribution >= 0.6 is 11.6 Å². The molecule has 6 heterocycles. The van der Waals surface area contributed by atoms with Crippen LogP contribution in [0, 0.1) is 0 Å². The van der Waals surface area contributed by atoms with Crippen LogP contribution in [0.15, 0.2) is 36.4 Å². The quantitative estimate of drug-likeness (QED) is 0.0664. The van der Waals surface area contributed by atoms with E-state index in [9.17, 15) is 19.2 Å². The number of carbonyl (C=O) groups is 4. The monoisotopic (exact) mass is 1040 g/mol. The lowest BCUT2D eigenvalue weighted by Crippen LogP contribution is -2.54. The zero-order valence-corrected chi connectivity index (χ0v) is 44.0. The zero-order chi connectivity index (χ0) is 53.9. The van der Waals surface area contributed by atoms with E-state index in [0.29, 0.717) is 73.2 Å². The second-order valence-electron chi connectivity index (χ2n) is 18.7. The topological polar surface area (TPSA) is 339 Å². The summed E-state index contributed by atoms with van der Waals surface area (Å²) in [5, 5.41) is 30.6. The van der Waals surface area contributed by atoms with Gasteiger partial charge in [-0.3, -0.25) is 9.59 Å². The van der Waals surface area contributed by atoms with Crippen molar-refractivity contribution in [3.05, 3.63) is 64.3 Å². The molecule has 0 aliphatic carbocycles. The average molecular weight is 1040 g/mol. The van der Waals surface area contributed by atoms with Gasteiger partial charge in [-0.05, 0) is 91.5 Å². The van der Waals surface area contributed by atoms with E-state index in [-0.39, 0.29) is 40.7 Å². The number of amides is 4. The number of rotatable bonds is 16. The first-order valence-electron chi connectivity index (χ1n) is 23.8. The summed E-state index contributed by atoms with van der Waals surface area (Å²) in [7, 11) is 3.20. The molecule has 400 valence electrons. The van der Waals surface area contributed by atoms with Crippen molar-refractivity contribution in [2.24, 2.45) is 17.2 Å². The summed E-state index contributed by atoms with van der Waals surface area (Å²) in [6.45, 7) is 16.9. The fourth-order valence-electron chi connectivity index (χ4n) is 7.04. The van der Waals surface area contributed by atoms with Crippen LogP contribution in [-0.2, 0) is 31.8 Å². The van der Waals surface area contributed by atoms with E-state index >= 15 is 0 Å². The summed E-state index contributed by atoms with van der Waals surface area (Å²) in [6.07, 6.45) is 3.75. The van der Waals surface area contributed by atoms with E-state index in [2.05, 4.69) is 70.8 Å². The second-order valence-corrected chi connectivity index (χ2v) is 19.1. The van der Waals surface area contributed by atoms with Gasteiger partial charge in [0.25, 0.3) is 11.8 Å². The van der Waals surface area contributed by atoms with Gasteiger partial charge in [-0.15, -0.1) is 20.4 Å². The number of anilines is 5. The van der Waals surface area contributed by atoms with Gasteiger partial charge in [0.15, 0.2) is 22.4 Å². The van der Waals surface area contributed by atoms with Crippen LogP contribution in [0.4, 0.5) is 38.4 Å². The molecule has 11 N–H and O–H groups in total. The van der Waals surface area contributed by atoms with E-state index in [1.807, 2.05) is 26.8 Å². The largest absolute Gasteiger partial charge is 0.495 e. The van der Waals surface area contributed by atoms with Crippen LogP contribution in [0.2, 0.25) is 5.15 Å². The molecule has 25 heteroatoms. The Morgan fingerprint density at radius 3 is 1.59 bits per heavy atom. The van der Waals surface area contributed by atoms with Gasteiger partial charge in [-0.1, -0.05) is 38.3 Å². The van der Waals surface area contributed by atoms with Crippen molar-refractivity contribution in [2.75, 3.05) is 56.6 Å². The van der Waals surface area contributed by atoms with Gasteiger partial charge >= 0.3 is 12.2 Å². The molecule has 0 unspecified atom stereocenters. The molecule has 2 saturated heterocycles. The van der Waals surface area contributed by atoms with E-state index in [1.165, 1.54) is 6.07 Å². The minimum Gasteiger partial charge on any atom is -0.495 e. The highest BCUT2D eigenvalue weighted by atomic mass is 35.5.